The predicted octanol–water partition coefficient (Wildman–Crippen LogP) is 5.45. The van der Waals surface area contributed by atoms with Gasteiger partial charge in [0.05, 0.1) is 23.3 Å². The van der Waals surface area contributed by atoms with Crippen molar-refractivity contribution >= 4 is 34.9 Å². The highest BCUT2D eigenvalue weighted by Crippen LogP contribution is 2.33. The fourth-order valence-electron chi connectivity index (χ4n) is 5.77. The van der Waals surface area contributed by atoms with E-state index >= 15 is 0 Å². The van der Waals surface area contributed by atoms with Gasteiger partial charge in [0, 0.05) is 42.2 Å². The van der Waals surface area contributed by atoms with Gasteiger partial charge in [0.1, 0.15) is 0 Å². The molecule has 1 aliphatic heterocycles. The highest BCUT2D eigenvalue weighted by molar-refractivity contribution is 6.08. The first kappa shape index (κ1) is 34.8. The van der Waals surface area contributed by atoms with Crippen molar-refractivity contribution in [3.8, 4) is 0 Å². The van der Waals surface area contributed by atoms with Gasteiger partial charge < -0.3 is 30.7 Å². The zero-order chi connectivity index (χ0) is 32.3. The molecule has 2 atom stereocenters. The molecule has 0 saturated carbocycles. The number of hydrogen-bond donors (Lipinski definition) is 5. The first-order valence-corrected chi connectivity index (χ1v) is 15.8. The highest BCUT2D eigenvalue weighted by atomic mass is 16.3. The van der Waals surface area contributed by atoms with E-state index in [1.807, 2.05) is 48.7 Å². The molecule has 240 valence electrons. The van der Waals surface area contributed by atoms with E-state index in [0.717, 1.165) is 53.4 Å². The van der Waals surface area contributed by atoms with Crippen molar-refractivity contribution in [3.05, 3.63) is 65.4 Å². The number of fused-ring (bicyclic) bond motifs is 1. The number of hydrogen-bond acceptors (Lipinski definition) is 5. The second-order valence-electron chi connectivity index (χ2n) is 12.7. The lowest BCUT2D eigenvalue weighted by Gasteiger charge is -2.31. The minimum atomic E-state index is -0.787. The minimum Gasteiger partial charge on any atom is -0.483 e. The third-order valence-electron chi connectivity index (χ3n) is 8.31. The summed E-state index contributed by atoms with van der Waals surface area (Å²) in [4.78, 5) is 40.0. The number of carbonyl (C=O) groups is 3. The minimum absolute atomic E-state index is 0.0796. The summed E-state index contributed by atoms with van der Waals surface area (Å²) in [5.74, 6) is 0.500. The van der Waals surface area contributed by atoms with Crippen molar-refractivity contribution in [2.45, 2.75) is 97.2 Å². The lowest BCUT2D eigenvalue weighted by Crippen LogP contribution is -2.52. The van der Waals surface area contributed by atoms with Crippen LogP contribution in [0.1, 0.15) is 88.2 Å². The van der Waals surface area contributed by atoms with E-state index in [2.05, 4.69) is 50.2 Å². The summed E-state index contributed by atoms with van der Waals surface area (Å²) in [5, 5.41) is 25.9. The van der Waals surface area contributed by atoms with E-state index in [0.29, 0.717) is 37.4 Å². The molecule has 1 aliphatic rings. The first-order chi connectivity index (χ1) is 21.0. The number of benzene rings is 2. The Hall–Kier alpha value is -3.69. The number of β-amino-alcohol motifs (C(OH)–C–C–N with tert-alkyl or cyclic N) is 1. The van der Waals surface area contributed by atoms with E-state index in [4.69, 9.17) is 9.90 Å². The van der Waals surface area contributed by atoms with Gasteiger partial charge in [0.2, 0.25) is 5.91 Å². The van der Waals surface area contributed by atoms with Crippen molar-refractivity contribution in [1.82, 2.24) is 15.6 Å². The van der Waals surface area contributed by atoms with Crippen LogP contribution in [-0.2, 0) is 22.4 Å². The van der Waals surface area contributed by atoms with Gasteiger partial charge >= 0.3 is 0 Å². The van der Waals surface area contributed by atoms with Crippen LogP contribution >= 0.6 is 0 Å². The van der Waals surface area contributed by atoms with Crippen molar-refractivity contribution in [3.63, 3.8) is 0 Å². The molecule has 9 heteroatoms. The molecule has 2 aromatic carbocycles. The SMILES string of the molecule is CCc1c[nH]c2c(N3CCCC3=O)cc(C(=O)N[C@@H](Cc3ccccc3)[C@H](O)CNC(C)(C)CCCC(C)C)cc12.O=CO. The molecule has 2 heterocycles. The summed E-state index contributed by atoms with van der Waals surface area (Å²) in [6, 6.07) is 13.2. The molecule has 1 aromatic heterocycles. The predicted molar refractivity (Wildman–Crippen MR) is 176 cm³/mol. The Balaban J connectivity index is 0.00000169. The molecule has 0 spiro atoms. The van der Waals surface area contributed by atoms with Crippen molar-refractivity contribution in [2.75, 3.05) is 18.0 Å². The van der Waals surface area contributed by atoms with Crippen LogP contribution in [0.5, 0.6) is 0 Å². The van der Waals surface area contributed by atoms with E-state index in [9.17, 15) is 14.7 Å². The van der Waals surface area contributed by atoms with Gasteiger partial charge in [-0.1, -0.05) is 63.9 Å². The van der Waals surface area contributed by atoms with Crippen LogP contribution in [0, 0.1) is 5.92 Å². The largest absolute Gasteiger partial charge is 0.483 e. The first-order valence-electron chi connectivity index (χ1n) is 15.8. The van der Waals surface area contributed by atoms with Gasteiger partial charge in [0.15, 0.2) is 0 Å². The number of amides is 2. The Morgan fingerprint density at radius 1 is 1.18 bits per heavy atom. The fraction of sp³-hybridized carbons (Fsp3) is 0.514. The van der Waals surface area contributed by atoms with Crippen molar-refractivity contribution in [1.29, 1.82) is 0 Å². The molecule has 44 heavy (non-hydrogen) atoms. The third-order valence-corrected chi connectivity index (χ3v) is 8.31. The Kier molecular flexibility index (Phi) is 13.0. The topological polar surface area (TPSA) is 135 Å². The number of aryl methyl sites for hydroxylation is 1. The Labute approximate surface area is 261 Å². The van der Waals surface area contributed by atoms with Gasteiger partial charge in [-0.2, -0.15) is 0 Å². The molecular weight excluding hydrogens is 556 g/mol. The lowest BCUT2D eigenvalue weighted by atomic mass is 9.93. The number of carboxylic acid groups (broad SMARTS) is 1. The number of nitrogens with one attached hydrogen (secondary N) is 3. The molecule has 9 nitrogen and oxygen atoms in total. The van der Waals surface area contributed by atoms with Crippen molar-refractivity contribution < 1.29 is 24.6 Å². The van der Waals surface area contributed by atoms with Crippen LogP contribution in [0.2, 0.25) is 0 Å². The molecule has 0 unspecified atom stereocenters. The molecule has 3 aromatic rings. The average Bonchev–Trinajstić information content (AvgIpc) is 3.61. The summed E-state index contributed by atoms with van der Waals surface area (Å²) in [6.07, 6.45) is 7.15. The molecule has 4 rings (SSSR count). The summed E-state index contributed by atoms with van der Waals surface area (Å²) in [7, 11) is 0. The Morgan fingerprint density at radius 3 is 2.50 bits per heavy atom. The molecule has 0 aliphatic carbocycles. The zero-order valence-corrected chi connectivity index (χ0v) is 26.9. The van der Waals surface area contributed by atoms with Crippen LogP contribution in [0.4, 0.5) is 5.69 Å². The van der Waals surface area contributed by atoms with Crippen LogP contribution in [0.15, 0.2) is 48.7 Å². The number of carbonyl (C=O) groups excluding carboxylic acids is 2. The monoisotopic (exact) mass is 606 g/mol. The van der Waals surface area contributed by atoms with Crippen LogP contribution in [0.3, 0.4) is 0 Å². The number of aromatic amines is 1. The standard InChI is InChI=1S/C34H48N4O3.CH2O2/c1-6-25-21-35-32-27(25)19-26(20-29(32)38-17-11-15-31(38)40)33(41)37-28(18-24-13-8-7-9-14-24)30(39)22-36-34(4,5)16-10-12-23(2)3;2-1-3/h7-9,13-14,19-21,23,28,30,35-36,39H,6,10-12,15-18,22H2,1-5H3,(H,37,41);1H,(H,2,3)/t28-,30+;/m0./s1. The van der Waals surface area contributed by atoms with Gasteiger partial charge in [0.25, 0.3) is 12.4 Å². The lowest BCUT2D eigenvalue weighted by molar-refractivity contribution is -0.123. The summed E-state index contributed by atoms with van der Waals surface area (Å²) < 4.78 is 0. The Bertz CT molecular complexity index is 1370. The number of H-pyrrole nitrogens is 1. The number of aliphatic hydroxyl groups is 1. The van der Waals surface area contributed by atoms with E-state index in [1.54, 1.807) is 4.90 Å². The quantitative estimate of drug-likeness (QED) is 0.155. The smallest absolute Gasteiger partial charge is 0.290 e. The molecule has 5 N–H and O–H groups in total. The summed E-state index contributed by atoms with van der Waals surface area (Å²) >= 11 is 0. The van der Waals surface area contributed by atoms with Gasteiger partial charge in [-0.05, 0) is 68.7 Å². The number of aliphatic hydroxyl groups excluding tert-OH is 1. The Morgan fingerprint density at radius 2 is 1.89 bits per heavy atom. The summed E-state index contributed by atoms with van der Waals surface area (Å²) in [6.45, 7) is 11.7. The molecule has 0 bridgehead atoms. The number of aromatic nitrogens is 1. The molecule has 0 radical (unpaired) electrons. The number of anilines is 1. The zero-order valence-electron chi connectivity index (χ0n) is 26.9. The maximum Gasteiger partial charge on any atom is 0.290 e. The van der Waals surface area contributed by atoms with Crippen molar-refractivity contribution in [2.24, 2.45) is 5.92 Å². The normalized spacial score (nSPS) is 14.8. The molecule has 1 saturated heterocycles. The molecule has 1 fully saturated rings. The van der Waals surface area contributed by atoms with E-state index in [-0.39, 0.29) is 23.8 Å². The summed E-state index contributed by atoms with van der Waals surface area (Å²) in [5.41, 5.74) is 4.16. The molecule has 2 amide bonds. The van der Waals surface area contributed by atoms with Gasteiger partial charge in [-0.15, -0.1) is 0 Å². The van der Waals surface area contributed by atoms with Gasteiger partial charge in [-0.25, -0.2) is 0 Å². The maximum atomic E-state index is 13.8. The van der Waals surface area contributed by atoms with Crippen LogP contribution < -0.4 is 15.5 Å². The van der Waals surface area contributed by atoms with Crippen LogP contribution in [-0.4, -0.2) is 64.3 Å². The van der Waals surface area contributed by atoms with Gasteiger partial charge in [-0.3, -0.25) is 14.4 Å². The second kappa shape index (κ2) is 16.4. The van der Waals surface area contributed by atoms with E-state index < -0.39 is 12.1 Å². The second-order valence-corrected chi connectivity index (χ2v) is 12.7. The fourth-order valence-corrected chi connectivity index (χ4v) is 5.77. The van der Waals surface area contributed by atoms with Crippen LogP contribution in [0.25, 0.3) is 10.9 Å². The average molecular weight is 607 g/mol. The number of rotatable bonds is 14. The van der Waals surface area contributed by atoms with E-state index in [1.165, 1.54) is 6.42 Å². The molecular formula is C35H50N4O5. The highest BCUT2D eigenvalue weighted by Gasteiger charge is 2.28. The third kappa shape index (κ3) is 9.66. The maximum absolute atomic E-state index is 13.8. The number of nitrogens with zero attached hydrogens (tertiary/aromatic N) is 1.